The van der Waals surface area contributed by atoms with Crippen molar-refractivity contribution in [1.29, 1.82) is 0 Å². The molecular formula is C14H26O2. The van der Waals surface area contributed by atoms with Gasteiger partial charge in [-0.05, 0) is 41.5 Å². The first-order valence-corrected chi connectivity index (χ1v) is 5.94. The van der Waals surface area contributed by atoms with Gasteiger partial charge in [-0.2, -0.15) is 0 Å². The first-order valence-electron chi connectivity index (χ1n) is 5.94. The lowest BCUT2D eigenvalue weighted by Gasteiger charge is -2.18. The van der Waals surface area contributed by atoms with Crippen LogP contribution in [-0.4, -0.2) is 24.4 Å². The topological polar surface area (TPSA) is 18.5 Å². The van der Waals surface area contributed by atoms with E-state index >= 15 is 0 Å². The first kappa shape index (κ1) is 15.5. The van der Waals surface area contributed by atoms with Crippen molar-refractivity contribution in [3.8, 4) is 11.8 Å². The van der Waals surface area contributed by atoms with Crippen LogP contribution in [0.25, 0.3) is 0 Å². The van der Waals surface area contributed by atoms with E-state index in [0.29, 0.717) is 13.2 Å². The van der Waals surface area contributed by atoms with E-state index in [0.717, 1.165) is 12.8 Å². The van der Waals surface area contributed by atoms with Crippen molar-refractivity contribution < 1.29 is 9.47 Å². The second-order valence-electron chi connectivity index (χ2n) is 5.78. The zero-order valence-electron chi connectivity index (χ0n) is 11.6. The summed E-state index contributed by atoms with van der Waals surface area (Å²) in [4.78, 5) is 0. The summed E-state index contributed by atoms with van der Waals surface area (Å²) in [6, 6.07) is 0. The molecule has 2 nitrogen and oxygen atoms in total. The van der Waals surface area contributed by atoms with Gasteiger partial charge in [0.2, 0.25) is 0 Å². The molecule has 0 fully saturated rings. The van der Waals surface area contributed by atoms with E-state index < -0.39 is 0 Å². The maximum absolute atomic E-state index is 5.56. The standard InChI is InChI=1S/C14H26O2/c1-13(2,3)15-11-9-7-8-10-12-16-14(4,5)6/h9-12H2,1-6H3. The molecule has 94 valence electrons. The molecule has 16 heavy (non-hydrogen) atoms. The average molecular weight is 226 g/mol. The van der Waals surface area contributed by atoms with E-state index in [1.54, 1.807) is 0 Å². The molecule has 0 saturated heterocycles. The van der Waals surface area contributed by atoms with Gasteiger partial charge in [-0.25, -0.2) is 0 Å². The monoisotopic (exact) mass is 226 g/mol. The van der Waals surface area contributed by atoms with E-state index in [2.05, 4.69) is 53.4 Å². The van der Waals surface area contributed by atoms with Crippen molar-refractivity contribution in [2.24, 2.45) is 0 Å². The Bertz CT molecular complexity index is 208. The smallest absolute Gasteiger partial charge is 0.0598 e. The Morgan fingerprint density at radius 2 is 1.00 bits per heavy atom. The second kappa shape index (κ2) is 6.93. The Kier molecular flexibility index (Phi) is 6.71. The first-order chi connectivity index (χ1) is 7.21. The van der Waals surface area contributed by atoms with E-state index in [4.69, 9.17) is 9.47 Å². The fourth-order valence-electron chi connectivity index (χ4n) is 0.993. The third-order valence-electron chi connectivity index (χ3n) is 1.65. The predicted octanol–water partition coefficient (Wildman–Crippen LogP) is 3.40. The summed E-state index contributed by atoms with van der Waals surface area (Å²) >= 11 is 0. The van der Waals surface area contributed by atoms with Crippen molar-refractivity contribution in [1.82, 2.24) is 0 Å². The zero-order valence-corrected chi connectivity index (χ0v) is 11.6. The van der Waals surface area contributed by atoms with Gasteiger partial charge in [0.15, 0.2) is 0 Å². The molecule has 0 unspecified atom stereocenters. The van der Waals surface area contributed by atoms with Crippen LogP contribution in [0.1, 0.15) is 54.4 Å². The molecule has 0 bridgehead atoms. The van der Waals surface area contributed by atoms with E-state index in [1.807, 2.05) is 0 Å². The highest BCUT2D eigenvalue weighted by atomic mass is 16.5. The normalized spacial score (nSPS) is 12.1. The Labute approximate surface area is 101 Å². The molecule has 0 radical (unpaired) electrons. The van der Waals surface area contributed by atoms with Gasteiger partial charge in [-0.3, -0.25) is 0 Å². The molecule has 0 aromatic carbocycles. The molecular weight excluding hydrogens is 200 g/mol. The minimum absolute atomic E-state index is 0.0585. The average Bonchev–Trinajstić information content (AvgIpc) is 2.06. The highest BCUT2D eigenvalue weighted by Gasteiger charge is 2.08. The van der Waals surface area contributed by atoms with Crippen LogP contribution in [0, 0.1) is 11.8 Å². The summed E-state index contributed by atoms with van der Waals surface area (Å²) in [6.45, 7) is 13.7. The maximum atomic E-state index is 5.56. The Balaban J connectivity index is 3.43. The quantitative estimate of drug-likeness (QED) is 0.540. The number of ether oxygens (including phenoxy) is 2. The summed E-state index contributed by atoms with van der Waals surface area (Å²) in [5.41, 5.74) is -0.117. The zero-order chi connectivity index (χ0) is 12.7. The van der Waals surface area contributed by atoms with Gasteiger partial charge in [-0.15, -0.1) is 11.8 Å². The van der Waals surface area contributed by atoms with Crippen LogP contribution >= 0.6 is 0 Å². The molecule has 0 atom stereocenters. The minimum atomic E-state index is -0.0585. The van der Waals surface area contributed by atoms with E-state index in [-0.39, 0.29) is 11.2 Å². The van der Waals surface area contributed by atoms with E-state index in [9.17, 15) is 0 Å². The van der Waals surface area contributed by atoms with Crippen LogP contribution in [-0.2, 0) is 9.47 Å². The second-order valence-corrected chi connectivity index (χ2v) is 5.78. The van der Waals surface area contributed by atoms with Crippen LogP contribution in [0.15, 0.2) is 0 Å². The Hall–Kier alpha value is -0.520. The number of hydrogen-bond acceptors (Lipinski definition) is 2. The van der Waals surface area contributed by atoms with Gasteiger partial charge in [0.1, 0.15) is 0 Å². The summed E-state index contributed by atoms with van der Waals surface area (Å²) in [7, 11) is 0. The van der Waals surface area contributed by atoms with Crippen LogP contribution < -0.4 is 0 Å². The fraction of sp³-hybridized carbons (Fsp3) is 0.857. The summed E-state index contributed by atoms with van der Waals surface area (Å²) in [6.07, 6.45) is 1.60. The molecule has 0 N–H and O–H groups in total. The van der Waals surface area contributed by atoms with Gasteiger partial charge in [0.05, 0.1) is 24.4 Å². The molecule has 0 amide bonds. The molecule has 2 heteroatoms. The summed E-state index contributed by atoms with van der Waals surface area (Å²) < 4.78 is 11.1. The van der Waals surface area contributed by atoms with Crippen molar-refractivity contribution in [3.05, 3.63) is 0 Å². The highest BCUT2D eigenvalue weighted by molar-refractivity contribution is 4.98. The molecule has 0 heterocycles. The molecule has 0 spiro atoms. The van der Waals surface area contributed by atoms with Crippen molar-refractivity contribution in [2.45, 2.75) is 65.6 Å². The maximum Gasteiger partial charge on any atom is 0.0598 e. The van der Waals surface area contributed by atoms with Crippen LogP contribution in [0.3, 0.4) is 0 Å². The number of hydrogen-bond donors (Lipinski definition) is 0. The van der Waals surface area contributed by atoms with Gasteiger partial charge >= 0.3 is 0 Å². The molecule has 0 aromatic rings. The van der Waals surface area contributed by atoms with Gasteiger partial charge < -0.3 is 9.47 Å². The third kappa shape index (κ3) is 13.5. The molecule has 0 aliphatic heterocycles. The molecule has 0 rings (SSSR count). The van der Waals surface area contributed by atoms with Crippen LogP contribution in [0.2, 0.25) is 0 Å². The Morgan fingerprint density at radius 1 is 0.688 bits per heavy atom. The van der Waals surface area contributed by atoms with Crippen molar-refractivity contribution in [3.63, 3.8) is 0 Å². The highest BCUT2D eigenvalue weighted by Crippen LogP contribution is 2.07. The lowest BCUT2D eigenvalue weighted by molar-refractivity contribution is -0.000571. The lowest BCUT2D eigenvalue weighted by atomic mass is 10.2. The number of rotatable bonds is 4. The van der Waals surface area contributed by atoms with Crippen LogP contribution in [0.4, 0.5) is 0 Å². The van der Waals surface area contributed by atoms with Crippen LogP contribution in [0.5, 0.6) is 0 Å². The SMILES string of the molecule is CC(C)(C)OCCC#CCCOC(C)(C)C. The van der Waals surface area contributed by atoms with Gasteiger partial charge in [0, 0.05) is 12.8 Å². The molecule has 0 aliphatic rings. The predicted molar refractivity (Wildman–Crippen MR) is 68.4 cm³/mol. The summed E-state index contributed by atoms with van der Waals surface area (Å²) in [5.74, 6) is 6.18. The fourth-order valence-corrected chi connectivity index (χ4v) is 0.993. The third-order valence-corrected chi connectivity index (χ3v) is 1.65. The van der Waals surface area contributed by atoms with Gasteiger partial charge in [0.25, 0.3) is 0 Å². The molecule has 0 saturated carbocycles. The minimum Gasteiger partial charge on any atom is -0.375 e. The molecule has 0 aliphatic carbocycles. The van der Waals surface area contributed by atoms with E-state index in [1.165, 1.54) is 0 Å². The van der Waals surface area contributed by atoms with Crippen molar-refractivity contribution >= 4 is 0 Å². The molecule has 0 aromatic heterocycles. The van der Waals surface area contributed by atoms with Crippen molar-refractivity contribution in [2.75, 3.05) is 13.2 Å². The van der Waals surface area contributed by atoms with Gasteiger partial charge in [-0.1, -0.05) is 0 Å². The largest absolute Gasteiger partial charge is 0.375 e. The Morgan fingerprint density at radius 3 is 1.25 bits per heavy atom. The summed E-state index contributed by atoms with van der Waals surface area (Å²) in [5, 5.41) is 0. The lowest BCUT2D eigenvalue weighted by Crippen LogP contribution is -2.19.